The zero-order valence-corrected chi connectivity index (χ0v) is 18.9. The van der Waals surface area contributed by atoms with Crippen molar-refractivity contribution in [2.75, 3.05) is 26.2 Å². The highest BCUT2D eigenvalue weighted by atomic mass is 35.5. The van der Waals surface area contributed by atoms with Crippen LogP contribution in [0, 0.1) is 6.92 Å². The van der Waals surface area contributed by atoms with E-state index < -0.39 is 0 Å². The number of nitrogens with one attached hydrogen (secondary N) is 2. The Balaban J connectivity index is 1.52. The molecule has 1 aliphatic rings. The summed E-state index contributed by atoms with van der Waals surface area (Å²) in [4.78, 5) is 20.9. The molecule has 0 spiro atoms. The molecule has 2 N–H and O–H groups in total. The Labute approximate surface area is 187 Å². The third-order valence-corrected chi connectivity index (χ3v) is 6.97. The second-order valence-electron chi connectivity index (χ2n) is 7.95. The van der Waals surface area contributed by atoms with Crippen molar-refractivity contribution in [1.29, 1.82) is 0 Å². The summed E-state index contributed by atoms with van der Waals surface area (Å²) in [5.74, 6) is -0.0462. The van der Waals surface area contributed by atoms with Crippen LogP contribution < -0.4 is 5.32 Å². The molecule has 0 radical (unpaired) electrons. The smallest absolute Gasteiger partial charge is 0.268 e. The number of amides is 1. The molecular formula is C24H28ClN3OS. The first-order valence-corrected chi connectivity index (χ1v) is 11.9. The molecule has 4 nitrogen and oxygen atoms in total. The number of rotatable bonds is 6. The molecule has 0 saturated carbocycles. The Kier molecular flexibility index (Phi) is 7.03. The number of likely N-dealkylation sites (tertiary alicyclic amines) is 1. The number of aromatic amines is 1. The van der Waals surface area contributed by atoms with E-state index in [4.69, 9.17) is 11.6 Å². The first-order valence-electron chi connectivity index (χ1n) is 10.7. The first kappa shape index (κ1) is 21.3. The van der Waals surface area contributed by atoms with E-state index in [1.54, 1.807) is 11.8 Å². The number of aromatic nitrogens is 1. The molecule has 0 bridgehead atoms. The zero-order chi connectivity index (χ0) is 20.9. The molecule has 30 heavy (non-hydrogen) atoms. The van der Waals surface area contributed by atoms with Crippen LogP contribution in [0.15, 0.2) is 52.3 Å². The van der Waals surface area contributed by atoms with Crippen molar-refractivity contribution < 1.29 is 4.79 Å². The van der Waals surface area contributed by atoms with Gasteiger partial charge in [0.2, 0.25) is 0 Å². The Morgan fingerprint density at radius 1 is 1.10 bits per heavy atom. The Morgan fingerprint density at radius 2 is 1.83 bits per heavy atom. The molecule has 2 aromatic carbocycles. The minimum atomic E-state index is -0.0462. The van der Waals surface area contributed by atoms with Crippen molar-refractivity contribution >= 4 is 40.2 Å². The highest BCUT2D eigenvalue weighted by Gasteiger charge is 2.19. The standard InChI is InChI=1S/C24H28ClN3OS/c1-17-6-11-20-21(16-17)27-22(23(20)30-19-9-7-18(25)8-10-19)24(29)26-12-15-28-13-4-2-3-5-14-28/h6-11,16,27H,2-5,12-15H2,1H3,(H,26,29). The maximum Gasteiger partial charge on any atom is 0.268 e. The van der Waals surface area contributed by atoms with Gasteiger partial charge >= 0.3 is 0 Å². The predicted molar refractivity (Wildman–Crippen MR) is 126 cm³/mol. The van der Waals surface area contributed by atoms with Crippen molar-refractivity contribution in [2.45, 2.75) is 42.4 Å². The third kappa shape index (κ3) is 5.20. The number of nitrogens with zero attached hydrogens (tertiary/aromatic N) is 1. The lowest BCUT2D eigenvalue weighted by Gasteiger charge is -2.19. The van der Waals surface area contributed by atoms with Gasteiger partial charge in [-0.05, 0) is 68.8 Å². The van der Waals surface area contributed by atoms with Crippen LogP contribution in [0.5, 0.6) is 0 Å². The normalized spacial score (nSPS) is 15.3. The van der Waals surface area contributed by atoms with Crippen LogP contribution in [0.2, 0.25) is 5.02 Å². The van der Waals surface area contributed by atoms with E-state index in [1.165, 1.54) is 31.2 Å². The van der Waals surface area contributed by atoms with E-state index in [2.05, 4.69) is 40.3 Å². The maximum atomic E-state index is 13.1. The monoisotopic (exact) mass is 441 g/mol. The molecule has 2 heterocycles. The molecule has 1 fully saturated rings. The van der Waals surface area contributed by atoms with Crippen LogP contribution in [-0.4, -0.2) is 42.0 Å². The van der Waals surface area contributed by atoms with Gasteiger partial charge in [0.15, 0.2) is 0 Å². The molecule has 0 aliphatic carbocycles. The third-order valence-electron chi connectivity index (χ3n) is 5.58. The van der Waals surface area contributed by atoms with Crippen LogP contribution in [-0.2, 0) is 0 Å². The van der Waals surface area contributed by atoms with E-state index in [1.807, 2.05) is 24.3 Å². The van der Waals surface area contributed by atoms with E-state index in [9.17, 15) is 4.79 Å². The zero-order valence-electron chi connectivity index (χ0n) is 17.3. The van der Waals surface area contributed by atoms with Gasteiger partial charge < -0.3 is 15.2 Å². The van der Waals surface area contributed by atoms with E-state index in [0.29, 0.717) is 17.3 Å². The Bertz CT molecular complexity index is 1010. The van der Waals surface area contributed by atoms with Crippen LogP contribution >= 0.6 is 23.4 Å². The molecular weight excluding hydrogens is 414 g/mol. The molecule has 4 rings (SSSR count). The van der Waals surface area contributed by atoms with Crippen LogP contribution in [0.3, 0.4) is 0 Å². The average molecular weight is 442 g/mol. The lowest BCUT2D eigenvalue weighted by atomic mass is 10.2. The summed E-state index contributed by atoms with van der Waals surface area (Å²) in [6.45, 7) is 5.91. The molecule has 1 saturated heterocycles. The lowest BCUT2D eigenvalue weighted by molar-refractivity contribution is 0.0941. The number of hydrogen-bond donors (Lipinski definition) is 2. The molecule has 3 aromatic rings. The maximum absolute atomic E-state index is 13.1. The second-order valence-corrected chi connectivity index (χ2v) is 9.47. The summed E-state index contributed by atoms with van der Waals surface area (Å²) in [6, 6.07) is 14.0. The van der Waals surface area contributed by atoms with Gasteiger partial charge in [-0.2, -0.15) is 0 Å². The fourth-order valence-electron chi connectivity index (χ4n) is 3.95. The lowest BCUT2D eigenvalue weighted by Crippen LogP contribution is -2.35. The van der Waals surface area contributed by atoms with Gasteiger partial charge in [0.05, 0.1) is 4.90 Å². The van der Waals surface area contributed by atoms with Crippen molar-refractivity contribution in [3.05, 3.63) is 58.7 Å². The van der Waals surface area contributed by atoms with Crippen molar-refractivity contribution in [1.82, 2.24) is 15.2 Å². The summed E-state index contributed by atoms with van der Waals surface area (Å²) in [7, 11) is 0. The Morgan fingerprint density at radius 3 is 2.57 bits per heavy atom. The van der Waals surface area contributed by atoms with Gasteiger partial charge in [0, 0.05) is 33.9 Å². The number of carbonyl (C=O) groups is 1. The SMILES string of the molecule is Cc1ccc2c(Sc3ccc(Cl)cc3)c(C(=O)NCCN3CCCCCC3)[nH]c2c1. The molecule has 1 amide bonds. The number of aryl methyl sites for hydroxylation is 1. The van der Waals surface area contributed by atoms with E-state index in [0.717, 1.165) is 40.3 Å². The van der Waals surface area contributed by atoms with Crippen LogP contribution in [0.4, 0.5) is 0 Å². The number of benzene rings is 2. The van der Waals surface area contributed by atoms with Crippen LogP contribution in [0.25, 0.3) is 10.9 Å². The average Bonchev–Trinajstić information content (AvgIpc) is 2.89. The van der Waals surface area contributed by atoms with Crippen molar-refractivity contribution in [3.8, 4) is 0 Å². The molecule has 1 aromatic heterocycles. The molecule has 158 valence electrons. The van der Waals surface area contributed by atoms with E-state index >= 15 is 0 Å². The number of halogens is 1. The van der Waals surface area contributed by atoms with E-state index in [-0.39, 0.29) is 5.91 Å². The van der Waals surface area contributed by atoms with Gasteiger partial charge in [-0.15, -0.1) is 0 Å². The van der Waals surface area contributed by atoms with Gasteiger partial charge in [0.1, 0.15) is 5.69 Å². The largest absolute Gasteiger partial charge is 0.350 e. The summed E-state index contributed by atoms with van der Waals surface area (Å²) in [6.07, 6.45) is 5.17. The summed E-state index contributed by atoms with van der Waals surface area (Å²) in [5.41, 5.74) is 2.79. The molecule has 0 atom stereocenters. The summed E-state index contributed by atoms with van der Waals surface area (Å²) >= 11 is 7.63. The van der Waals surface area contributed by atoms with Crippen molar-refractivity contribution in [3.63, 3.8) is 0 Å². The number of carbonyl (C=O) groups excluding carboxylic acids is 1. The van der Waals surface area contributed by atoms with Gasteiger partial charge in [-0.25, -0.2) is 0 Å². The summed E-state index contributed by atoms with van der Waals surface area (Å²) < 4.78 is 0. The fourth-order valence-corrected chi connectivity index (χ4v) is 5.12. The first-order chi connectivity index (χ1) is 14.6. The minimum Gasteiger partial charge on any atom is -0.350 e. The number of fused-ring (bicyclic) bond motifs is 1. The number of hydrogen-bond acceptors (Lipinski definition) is 3. The van der Waals surface area contributed by atoms with Gasteiger partial charge in [-0.3, -0.25) is 4.79 Å². The molecule has 0 unspecified atom stereocenters. The van der Waals surface area contributed by atoms with Gasteiger partial charge in [0.25, 0.3) is 5.91 Å². The van der Waals surface area contributed by atoms with Crippen LogP contribution in [0.1, 0.15) is 41.7 Å². The highest BCUT2D eigenvalue weighted by Crippen LogP contribution is 2.37. The topological polar surface area (TPSA) is 48.1 Å². The Hall–Kier alpha value is -1.95. The summed E-state index contributed by atoms with van der Waals surface area (Å²) in [5, 5.41) is 4.91. The number of H-pyrrole nitrogens is 1. The van der Waals surface area contributed by atoms with Gasteiger partial charge in [-0.1, -0.05) is 48.3 Å². The fraction of sp³-hybridized carbons (Fsp3) is 0.375. The predicted octanol–water partition coefficient (Wildman–Crippen LogP) is 5.89. The quantitative estimate of drug-likeness (QED) is 0.501. The molecule has 1 aliphatic heterocycles. The molecule has 6 heteroatoms. The second kappa shape index (κ2) is 9.90. The minimum absolute atomic E-state index is 0.0462. The van der Waals surface area contributed by atoms with Crippen molar-refractivity contribution in [2.24, 2.45) is 0 Å². The highest BCUT2D eigenvalue weighted by molar-refractivity contribution is 7.99.